The molecule has 5 rings (SSSR count). The lowest BCUT2D eigenvalue weighted by atomic mass is 9.81. The standard InChI is InChI=1S/C48H71FN2O11/c1-9-33-23-28(3)42(49)29(4)24-40(58-7)44-41(59-8)25-31(6)48(57,62-44)45(54)46(55)51-21-11-10-12-37(51)47(56)61-43(27(2)13-20-38(33)53)30(5)22-32-14-19-36(50)39(26-32)60-35-17-15-34(52)16-18-35/h15-18,22-23,27,29,31-33,36-37,39-44,52,57H,9-14,19-21,24-26,50H2,1-8H3/b28-23+,30-22?. The van der Waals surface area contributed by atoms with Crippen molar-refractivity contribution in [2.75, 3.05) is 20.8 Å². The zero-order valence-electron chi connectivity index (χ0n) is 37.9. The van der Waals surface area contributed by atoms with Crippen molar-refractivity contribution in [2.45, 2.75) is 167 Å². The van der Waals surface area contributed by atoms with Gasteiger partial charge in [-0.2, -0.15) is 0 Å². The average molecular weight is 871 g/mol. The lowest BCUT2D eigenvalue weighted by molar-refractivity contribution is -0.302. The summed E-state index contributed by atoms with van der Waals surface area (Å²) in [6.45, 7) is 10.8. The molecule has 1 amide bonds. The van der Waals surface area contributed by atoms with Gasteiger partial charge in [0.25, 0.3) is 11.7 Å². The van der Waals surface area contributed by atoms with E-state index in [1.165, 1.54) is 19.1 Å². The second kappa shape index (κ2) is 21.8. The molecule has 13 nitrogen and oxygen atoms in total. The number of Topliss-reactive ketones (excluding diaryl/α,β-unsaturated/α-hetero) is 2. The predicted octanol–water partition coefficient (Wildman–Crippen LogP) is 6.55. The molecule has 3 fully saturated rings. The number of ether oxygens (including phenoxy) is 5. The molecule has 14 heteroatoms. The highest BCUT2D eigenvalue weighted by Crippen LogP contribution is 2.40. The molecule has 1 aliphatic carbocycles. The van der Waals surface area contributed by atoms with Gasteiger partial charge in [0.1, 0.15) is 47.8 Å². The number of esters is 1. The van der Waals surface area contributed by atoms with Crippen molar-refractivity contribution in [3.05, 3.63) is 47.6 Å². The topological polar surface area (TPSA) is 184 Å². The lowest BCUT2D eigenvalue weighted by Gasteiger charge is -2.47. The first-order valence-electron chi connectivity index (χ1n) is 22.7. The van der Waals surface area contributed by atoms with Crippen LogP contribution in [0.5, 0.6) is 11.5 Å². The number of benzene rings is 1. The van der Waals surface area contributed by atoms with Crippen molar-refractivity contribution in [2.24, 2.45) is 35.3 Å². The predicted molar refractivity (Wildman–Crippen MR) is 231 cm³/mol. The minimum atomic E-state index is -2.58. The number of aromatic hydroxyl groups is 1. The van der Waals surface area contributed by atoms with Crippen LogP contribution in [-0.2, 0) is 38.1 Å². The number of ketones is 2. The van der Waals surface area contributed by atoms with Gasteiger partial charge in [0.15, 0.2) is 0 Å². The molecule has 3 aliphatic heterocycles. The van der Waals surface area contributed by atoms with Gasteiger partial charge >= 0.3 is 5.97 Å². The summed E-state index contributed by atoms with van der Waals surface area (Å²) in [4.78, 5) is 58.1. The van der Waals surface area contributed by atoms with E-state index in [4.69, 9.17) is 29.4 Å². The minimum absolute atomic E-state index is 0.0195. The van der Waals surface area contributed by atoms with Crippen LogP contribution >= 0.6 is 0 Å². The Balaban J connectivity index is 1.49. The number of hydrogen-bond donors (Lipinski definition) is 3. The third-order valence-corrected chi connectivity index (χ3v) is 13.9. The van der Waals surface area contributed by atoms with Gasteiger partial charge in [0.2, 0.25) is 5.79 Å². The molecule has 14 unspecified atom stereocenters. The summed E-state index contributed by atoms with van der Waals surface area (Å²) in [7, 11) is 2.91. The Bertz CT molecular complexity index is 1770. The first-order chi connectivity index (χ1) is 29.4. The highest BCUT2D eigenvalue weighted by molar-refractivity contribution is 6.39. The van der Waals surface area contributed by atoms with E-state index >= 15 is 4.39 Å². The van der Waals surface area contributed by atoms with E-state index in [0.717, 1.165) is 12.0 Å². The number of alkyl halides is 1. The maximum atomic E-state index is 16.3. The van der Waals surface area contributed by atoms with Crippen molar-refractivity contribution in [1.82, 2.24) is 4.90 Å². The molecule has 2 saturated heterocycles. The molecule has 62 heavy (non-hydrogen) atoms. The fourth-order valence-corrected chi connectivity index (χ4v) is 9.92. The van der Waals surface area contributed by atoms with Crippen LogP contribution in [0.3, 0.4) is 0 Å². The van der Waals surface area contributed by atoms with Gasteiger partial charge < -0.3 is 44.5 Å². The van der Waals surface area contributed by atoms with Gasteiger partial charge in [-0.3, -0.25) is 14.4 Å². The summed E-state index contributed by atoms with van der Waals surface area (Å²) in [5.41, 5.74) is 7.70. The van der Waals surface area contributed by atoms with E-state index in [0.29, 0.717) is 49.8 Å². The van der Waals surface area contributed by atoms with Gasteiger partial charge in [-0.1, -0.05) is 39.8 Å². The van der Waals surface area contributed by atoms with E-state index in [9.17, 15) is 29.4 Å². The number of nitrogens with zero attached hydrogens (tertiary/aromatic N) is 1. The summed E-state index contributed by atoms with van der Waals surface area (Å²) in [6, 6.07) is 5.18. The average Bonchev–Trinajstić information content (AvgIpc) is 3.26. The van der Waals surface area contributed by atoms with E-state index in [1.807, 2.05) is 20.8 Å². The summed E-state index contributed by atoms with van der Waals surface area (Å²) in [5, 5.41) is 21.8. The molecule has 14 atom stereocenters. The highest BCUT2D eigenvalue weighted by Gasteiger charge is 2.56. The summed E-state index contributed by atoms with van der Waals surface area (Å²) < 4.78 is 46.7. The van der Waals surface area contributed by atoms with Crippen LogP contribution in [0.15, 0.2) is 47.6 Å². The van der Waals surface area contributed by atoms with Crippen LogP contribution in [0, 0.1) is 29.6 Å². The van der Waals surface area contributed by atoms with E-state index < -0.39 is 77.8 Å². The molecule has 1 saturated carbocycles. The smallest absolute Gasteiger partial charge is 0.329 e. The number of allylic oxidation sites excluding steroid dienone is 3. The van der Waals surface area contributed by atoms with Gasteiger partial charge in [0.05, 0.1) is 12.2 Å². The number of carbonyl (C=O) groups excluding carboxylic acids is 4. The number of carbonyl (C=O) groups is 4. The maximum Gasteiger partial charge on any atom is 0.329 e. The number of fused-ring (bicyclic) bond motifs is 3. The molecule has 0 aromatic heterocycles. The third kappa shape index (κ3) is 11.5. The van der Waals surface area contributed by atoms with Crippen molar-refractivity contribution in [3.8, 4) is 11.5 Å². The molecule has 346 valence electrons. The number of hydrogen-bond acceptors (Lipinski definition) is 12. The number of phenolic OH excluding ortho intramolecular Hbond substituents is 1. The Morgan fingerprint density at radius 1 is 0.952 bits per heavy atom. The molecule has 2 bridgehead atoms. The SMILES string of the molecule is CCC1/C=C(\C)C(F)C(C)CC(OC)C2OC(O)(C(=O)C(=O)N3CCCCC3C(=O)OC(C(C)=CC3CCC(N)C(Oc4ccc(O)cc4)C3)C(C)CCC1=O)C(C)CC2OC. The zero-order valence-corrected chi connectivity index (χ0v) is 37.9. The molecule has 0 radical (unpaired) electrons. The van der Waals surface area contributed by atoms with Crippen LogP contribution in [0.1, 0.15) is 112 Å². The number of phenols is 1. The first kappa shape index (κ1) is 49.3. The number of piperidine rings is 1. The Labute approximate surface area is 366 Å². The quantitative estimate of drug-likeness (QED) is 0.153. The number of amides is 1. The number of halogens is 1. The molecule has 4 aliphatic rings. The Morgan fingerprint density at radius 3 is 2.29 bits per heavy atom. The summed E-state index contributed by atoms with van der Waals surface area (Å²) in [6.07, 6.45) is 3.43. The second-order valence-electron chi connectivity index (χ2n) is 18.5. The minimum Gasteiger partial charge on any atom is -0.508 e. The molecular formula is C48H71FN2O11. The summed E-state index contributed by atoms with van der Waals surface area (Å²) >= 11 is 0. The second-order valence-corrected chi connectivity index (χ2v) is 18.5. The fourth-order valence-electron chi connectivity index (χ4n) is 9.92. The molecule has 3 heterocycles. The van der Waals surface area contributed by atoms with Crippen molar-refractivity contribution in [1.29, 1.82) is 0 Å². The molecule has 1 aromatic carbocycles. The summed E-state index contributed by atoms with van der Waals surface area (Å²) in [5.74, 6) is -7.20. The normalized spacial score (nSPS) is 38.6. The van der Waals surface area contributed by atoms with Crippen molar-refractivity contribution >= 4 is 23.4 Å². The van der Waals surface area contributed by atoms with Crippen molar-refractivity contribution < 1.29 is 57.5 Å². The number of rotatable bonds is 7. The Hall–Kier alpha value is -3.69. The van der Waals surface area contributed by atoms with E-state index in [-0.39, 0.29) is 67.7 Å². The maximum absolute atomic E-state index is 16.3. The molecular weight excluding hydrogens is 800 g/mol. The third-order valence-electron chi connectivity index (χ3n) is 13.9. The van der Waals surface area contributed by atoms with Gasteiger partial charge in [-0.05, 0) is 131 Å². The van der Waals surface area contributed by atoms with Crippen LogP contribution in [0.25, 0.3) is 0 Å². The van der Waals surface area contributed by atoms with Gasteiger partial charge in [-0.25, -0.2) is 9.18 Å². The van der Waals surface area contributed by atoms with Crippen LogP contribution in [-0.4, -0.2) is 114 Å². The molecule has 0 spiro atoms. The van der Waals surface area contributed by atoms with E-state index in [2.05, 4.69) is 6.08 Å². The number of methoxy groups -OCH3 is 2. The first-order valence-corrected chi connectivity index (χ1v) is 22.7. The van der Waals surface area contributed by atoms with Crippen LogP contribution in [0.4, 0.5) is 4.39 Å². The number of nitrogens with two attached hydrogens (primary N) is 1. The van der Waals surface area contributed by atoms with E-state index in [1.54, 1.807) is 51.1 Å². The van der Waals surface area contributed by atoms with Crippen LogP contribution < -0.4 is 10.5 Å². The highest BCUT2D eigenvalue weighted by atomic mass is 19.1. The van der Waals surface area contributed by atoms with Gasteiger partial charge in [-0.15, -0.1) is 0 Å². The largest absolute Gasteiger partial charge is 0.508 e. The van der Waals surface area contributed by atoms with Gasteiger partial charge in [0, 0.05) is 45.1 Å². The lowest BCUT2D eigenvalue weighted by Crippen LogP contribution is -2.64. The van der Waals surface area contributed by atoms with Crippen LogP contribution in [0.2, 0.25) is 0 Å². The number of aliphatic hydroxyl groups is 1. The molecule has 4 N–H and O–H groups in total. The fraction of sp³-hybridized carbons (Fsp3) is 0.708. The Kier molecular flexibility index (Phi) is 17.3. The van der Waals surface area contributed by atoms with Crippen molar-refractivity contribution in [3.63, 3.8) is 0 Å². The molecule has 1 aromatic rings. The zero-order chi connectivity index (χ0) is 45.5. The number of cyclic esters (lactones) is 1. The monoisotopic (exact) mass is 871 g/mol. The Morgan fingerprint density at radius 2 is 1.63 bits per heavy atom.